The first kappa shape index (κ1) is 12.9. The Bertz CT molecular complexity index is 139. The Morgan fingerprint density at radius 1 is 1.20 bits per heavy atom. The van der Waals surface area contributed by atoms with Crippen molar-refractivity contribution in [2.24, 2.45) is 5.92 Å². The third kappa shape index (κ3) is 5.50. The van der Waals surface area contributed by atoms with Crippen LogP contribution in [0.2, 0.25) is 0 Å². The fraction of sp³-hybridized carbons (Fsp3) is 1.00. The molecule has 0 aliphatic heterocycles. The van der Waals surface area contributed by atoms with E-state index in [1.165, 1.54) is 38.5 Å². The van der Waals surface area contributed by atoms with Crippen molar-refractivity contribution in [1.82, 2.24) is 5.32 Å². The number of ether oxygens (including phenoxy) is 2. The molecule has 0 radical (unpaired) electrons. The van der Waals surface area contributed by atoms with E-state index in [-0.39, 0.29) is 6.29 Å². The summed E-state index contributed by atoms with van der Waals surface area (Å²) >= 11 is 0. The Kier molecular flexibility index (Phi) is 6.98. The molecule has 1 saturated carbocycles. The van der Waals surface area contributed by atoms with Crippen molar-refractivity contribution in [3.05, 3.63) is 0 Å². The first-order valence-electron chi connectivity index (χ1n) is 6.13. The second kappa shape index (κ2) is 8.08. The summed E-state index contributed by atoms with van der Waals surface area (Å²) in [6.45, 7) is 1.87. The van der Waals surface area contributed by atoms with Crippen LogP contribution >= 0.6 is 0 Å². The molecule has 3 heteroatoms. The molecule has 0 spiro atoms. The van der Waals surface area contributed by atoms with Crippen LogP contribution in [0.1, 0.15) is 38.5 Å². The molecule has 3 nitrogen and oxygen atoms in total. The summed E-state index contributed by atoms with van der Waals surface area (Å²) in [7, 11) is 3.35. The second-order valence-electron chi connectivity index (χ2n) is 4.40. The predicted molar refractivity (Wildman–Crippen MR) is 61.9 cm³/mol. The van der Waals surface area contributed by atoms with Gasteiger partial charge in [-0.3, -0.25) is 0 Å². The molecule has 0 aromatic heterocycles. The summed E-state index contributed by atoms with van der Waals surface area (Å²) in [5, 5.41) is 3.36. The monoisotopic (exact) mass is 215 g/mol. The second-order valence-corrected chi connectivity index (χ2v) is 4.40. The van der Waals surface area contributed by atoms with Gasteiger partial charge >= 0.3 is 0 Å². The maximum absolute atomic E-state index is 5.09. The topological polar surface area (TPSA) is 30.5 Å². The molecular weight excluding hydrogens is 190 g/mol. The standard InChI is InChI=1S/C12H25NO2/c1-14-12(15-2)10-13-9-5-8-11-6-3-4-7-11/h11-13H,3-10H2,1-2H3. The van der Waals surface area contributed by atoms with E-state index in [1.807, 2.05) is 0 Å². The van der Waals surface area contributed by atoms with Crippen LogP contribution in [0, 0.1) is 5.92 Å². The molecule has 1 N–H and O–H groups in total. The highest BCUT2D eigenvalue weighted by molar-refractivity contribution is 4.67. The molecule has 0 aromatic carbocycles. The van der Waals surface area contributed by atoms with Crippen molar-refractivity contribution in [2.45, 2.75) is 44.8 Å². The third-order valence-electron chi connectivity index (χ3n) is 3.28. The van der Waals surface area contributed by atoms with Gasteiger partial charge in [-0.05, 0) is 25.3 Å². The fourth-order valence-electron chi connectivity index (χ4n) is 2.30. The van der Waals surface area contributed by atoms with Gasteiger partial charge < -0.3 is 14.8 Å². The third-order valence-corrected chi connectivity index (χ3v) is 3.28. The highest BCUT2D eigenvalue weighted by Gasteiger charge is 2.13. The maximum Gasteiger partial charge on any atom is 0.169 e. The number of hydrogen-bond donors (Lipinski definition) is 1. The number of rotatable bonds is 8. The van der Waals surface area contributed by atoms with Crippen molar-refractivity contribution in [1.29, 1.82) is 0 Å². The molecule has 1 aliphatic carbocycles. The van der Waals surface area contributed by atoms with E-state index in [0.29, 0.717) is 0 Å². The van der Waals surface area contributed by atoms with Crippen molar-refractivity contribution >= 4 is 0 Å². The highest BCUT2D eigenvalue weighted by atomic mass is 16.7. The normalized spacial score (nSPS) is 17.8. The van der Waals surface area contributed by atoms with Crippen LogP contribution in [0.25, 0.3) is 0 Å². The van der Waals surface area contributed by atoms with Gasteiger partial charge in [0.2, 0.25) is 0 Å². The van der Waals surface area contributed by atoms with Gasteiger partial charge in [0.1, 0.15) is 0 Å². The first-order chi connectivity index (χ1) is 7.36. The smallest absolute Gasteiger partial charge is 0.169 e. The predicted octanol–water partition coefficient (Wildman–Crippen LogP) is 2.17. The summed E-state index contributed by atoms with van der Waals surface area (Å²) in [5.74, 6) is 1.01. The molecule has 0 amide bonds. The average molecular weight is 215 g/mol. The van der Waals surface area contributed by atoms with Crippen molar-refractivity contribution in [3.8, 4) is 0 Å². The van der Waals surface area contributed by atoms with Gasteiger partial charge in [0.25, 0.3) is 0 Å². The largest absolute Gasteiger partial charge is 0.355 e. The van der Waals surface area contributed by atoms with Gasteiger partial charge in [0.15, 0.2) is 6.29 Å². The number of methoxy groups -OCH3 is 2. The van der Waals surface area contributed by atoms with Gasteiger partial charge in [-0.1, -0.05) is 25.7 Å². The average Bonchev–Trinajstić information content (AvgIpc) is 2.76. The lowest BCUT2D eigenvalue weighted by molar-refractivity contribution is -0.0986. The van der Waals surface area contributed by atoms with E-state index < -0.39 is 0 Å². The van der Waals surface area contributed by atoms with E-state index in [2.05, 4.69) is 5.32 Å². The summed E-state index contributed by atoms with van der Waals surface area (Å²) in [4.78, 5) is 0. The van der Waals surface area contributed by atoms with Gasteiger partial charge in [-0.25, -0.2) is 0 Å². The molecule has 1 aliphatic rings. The zero-order chi connectivity index (χ0) is 10.9. The van der Waals surface area contributed by atoms with E-state index in [4.69, 9.17) is 9.47 Å². The van der Waals surface area contributed by atoms with Crippen molar-refractivity contribution in [3.63, 3.8) is 0 Å². The van der Waals surface area contributed by atoms with Crippen LogP contribution in [0.15, 0.2) is 0 Å². The van der Waals surface area contributed by atoms with Crippen molar-refractivity contribution < 1.29 is 9.47 Å². The Hall–Kier alpha value is -0.120. The SMILES string of the molecule is COC(CNCCCC1CCCC1)OC. The zero-order valence-corrected chi connectivity index (χ0v) is 10.1. The minimum Gasteiger partial charge on any atom is -0.355 e. The molecule has 1 fully saturated rings. The quantitative estimate of drug-likeness (QED) is 0.497. The minimum atomic E-state index is -0.100. The Morgan fingerprint density at radius 2 is 1.87 bits per heavy atom. The Morgan fingerprint density at radius 3 is 2.47 bits per heavy atom. The molecule has 0 unspecified atom stereocenters. The molecule has 15 heavy (non-hydrogen) atoms. The zero-order valence-electron chi connectivity index (χ0n) is 10.1. The molecule has 0 bridgehead atoms. The molecule has 0 saturated heterocycles. The molecule has 1 rings (SSSR count). The van der Waals surface area contributed by atoms with Gasteiger partial charge in [-0.2, -0.15) is 0 Å². The van der Waals surface area contributed by atoms with Crippen LogP contribution in [-0.4, -0.2) is 33.6 Å². The van der Waals surface area contributed by atoms with E-state index >= 15 is 0 Å². The van der Waals surface area contributed by atoms with Crippen LogP contribution in [-0.2, 0) is 9.47 Å². The van der Waals surface area contributed by atoms with Crippen LogP contribution in [0.5, 0.6) is 0 Å². The minimum absolute atomic E-state index is 0.100. The van der Waals surface area contributed by atoms with E-state index in [9.17, 15) is 0 Å². The Balaban J connectivity index is 1.87. The lowest BCUT2D eigenvalue weighted by Crippen LogP contribution is -2.30. The lowest BCUT2D eigenvalue weighted by Gasteiger charge is -2.14. The maximum atomic E-state index is 5.09. The summed E-state index contributed by atoms with van der Waals surface area (Å²) in [6.07, 6.45) is 8.39. The van der Waals surface area contributed by atoms with Gasteiger partial charge in [-0.15, -0.1) is 0 Å². The van der Waals surface area contributed by atoms with Crippen molar-refractivity contribution in [2.75, 3.05) is 27.3 Å². The summed E-state index contributed by atoms with van der Waals surface area (Å²) < 4.78 is 10.2. The lowest BCUT2D eigenvalue weighted by atomic mass is 10.0. The Labute approximate surface area is 93.5 Å². The van der Waals surface area contributed by atoms with Gasteiger partial charge in [0, 0.05) is 20.8 Å². The number of hydrogen-bond acceptors (Lipinski definition) is 3. The molecule has 0 aromatic rings. The molecule has 0 atom stereocenters. The fourth-order valence-corrected chi connectivity index (χ4v) is 2.30. The van der Waals surface area contributed by atoms with E-state index in [0.717, 1.165) is 19.0 Å². The molecule has 0 heterocycles. The van der Waals surface area contributed by atoms with Crippen LogP contribution < -0.4 is 5.32 Å². The summed E-state index contributed by atoms with van der Waals surface area (Å²) in [5.41, 5.74) is 0. The number of nitrogens with one attached hydrogen (secondary N) is 1. The van der Waals surface area contributed by atoms with Crippen LogP contribution in [0.3, 0.4) is 0 Å². The van der Waals surface area contributed by atoms with Crippen LogP contribution in [0.4, 0.5) is 0 Å². The first-order valence-corrected chi connectivity index (χ1v) is 6.13. The van der Waals surface area contributed by atoms with Gasteiger partial charge in [0.05, 0.1) is 0 Å². The molecular formula is C12H25NO2. The molecule has 90 valence electrons. The van der Waals surface area contributed by atoms with E-state index in [1.54, 1.807) is 14.2 Å². The highest BCUT2D eigenvalue weighted by Crippen LogP contribution is 2.28. The summed E-state index contributed by atoms with van der Waals surface area (Å²) in [6, 6.07) is 0.